The molecule has 0 atom stereocenters. The van der Waals surface area contributed by atoms with Crippen LogP contribution in [0.4, 0.5) is 0 Å². The van der Waals surface area contributed by atoms with E-state index in [9.17, 15) is 0 Å². The third-order valence-corrected chi connectivity index (χ3v) is 0. The zero-order valence-electron chi connectivity index (χ0n) is 1.80. The van der Waals surface area contributed by atoms with Crippen molar-refractivity contribution in [3.63, 3.8) is 0 Å². The van der Waals surface area contributed by atoms with Gasteiger partial charge in [0.05, 0.1) is 0 Å². The van der Waals surface area contributed by atoms with E-state index >= 15 is 0 Å². The fourth-order valence-corrected chi connectivity index (χ4v) is 0. The van der Waals surface area contributed by atoms with Gasteiger partial charge in [-0.15, -0.1) is 0 Å². The van der Waals surface area contributed by atoms with E-state index in [2.05, 4.69) is 0 Å². The van der Waals surface area contributed by atoms with E-state index < -0.39 is 0 Å². The van der Waals surface area contributed by atoms with Gasteiger partial charge in [-0.1, -0.05) is 0 Å². The van der Waals surface area contributed by atoms with Crippen LogP contribution in [-0.2, 0) is 16.8 Å². The minimum absolute atomic E-state index is 0. The molecule has 0 aliphatic rings. The fraction of sp³-hybridized carbons (Fsp3) is 0. The summed E-state index contributed by atoms with van der Waals surface area (Å²) in [5, 5.41) is 0. The van der Waals surface area contributed by atoms with Crippen LogP contribution in [0.5, 0.6) is 0 Å². The maximum absolute atomic E-state index is 0. The Balaban J connectivity index is 0. The summed E-state index contributed by atoms with van der Waals surface area (Å²) < 4.78 is 0. The van der Waals surface area contributed by atoms with Crippen LogP contribution in [0.1, 0.15) is 0 Å². The predicted octanol–water partition coefficient (Wildman–Crippen LogP) is -5.83. The summed E-state index contributed by atoms with van der Waals surface area (Å²) in [4.78, 5) is 0. The molecule has 0 spiro atoms. The van der Waals surface area contributed by atoms with Gasteiger partial charge in [-0.2, -0.15) is 0 Å². The van der Waals surface area contributed by atoms with Gasteiger partial charge in [-0.05, 0) is 0 Å². The molecule has 0 aliphatic carbocycles. The SMILES string of the molecule is N.[Cl-].[Cl-].[Co+2]. The van der Waals surface area contributed by atoms with Crippen molar-refractivity contribution >= 4 is 0 Å². The molecule has 0 saturated heterocycles. The van der Waals surface area contributed by atoms with E-state index in [1.54, 1.807) is 0 Å². The quantitative estimate of drug-likeness (QED) is 0.364. The molecule has 3 N–H and O–H groups in total. The van der Waals surface area contributed by atoms with Gasteiger partial charge in [-0.3, -0.25) is 0 Å². The van der Waals surface area contributed by atoms with Gasteiger partial charge in [0.15, 0.2) is 0 Å². The van der Waals surface area contributed by atoms with Crippen LogP contribution >= 0.6 is 0 Å². The molecule has 4 heavy (non-hydrogen) atoms. The normalized spacial score (nSPS) is 0. The third kappa shape index (κ3) is 11.7. The molecule has 0 unspecified atom stereocenters. The molecule has 1 radical (unpaired) electrons. The first-order chi connectivity index (χ1) is 0. The second-order valence-electron chi connectivity index (χ2n) is 0. The standard InChI is InChI=1S/2ClH.Co.H3N/h2*1H;;1H3/q;;+2;/p-2. The van der Waals surface area contributed by atoms with Crippen LogP contribution in [0.15, 0.2) is 0 Å². The Morgan fingerprint density at radius 3 is 0.750 bits per heavy atom. The van der Waals surface area contributed by atoms with E-state index in [1.165, 1.54) is 0 Å². The van der Waals surface area contributed by atoms with Gasteiger partial charge in [0.25, 0.3) is 0 Å². The topological polar surface area (TPSA) is 35.0 Å². The molecule has 31 valence electrons. The smallest absolute Gasteiger partial charge is 1.00 e. The van der Waals surface area contributed by atoms with E-state index in [4.69, 9.17) is 0 Å². The first-order valence-corrected chi connectivity index (χ1v) is 0. The zero-order valence-corrected chi connectivity index (χ0v) is 4.35. The molecule has 0 rings (SSSR count). The van der Waals surface area contributed by atoms with Crippen molar-refractivity contribution in [2.45, 2.75) is 0 Å². The molecule has 0 aliphatic heterocycles. The molecule has 0 saturated carbocycles. The van der Waals surface area contributed by atoms with Crippen LogP contribution in [0.25, 0.3) is 0 Å². The van der Waals surface area contributed by atoms with Crippen LogP contribution in [-0.4, -0.2) is 0 Å². The molecule has 1 nitrogen and oxygen atoms in total. The number of rotatable bonds is 0. The fourth-order valence-electron chi connectivity index (χ4n) is 0. The van der Waals surface area contributed by atoms with Gasteiger partial charge in [0.2, 0.25) is 0 Å². The van der Waals surface area contributed by atoms with Gasteiger partial charge in [0.1, 0.15) is 0 Å². The summed E-state index contributed by atoms with van der Waals surface area (Å²) in [6.07, 6.45) is 0. The molecule has 0 bridgehead atoms. The molecular formula is H3Cl2CoN. The van der Waals surface area contributed by atoms with E-state index in [1.807, 2.05) is 0 Å². The van der Waals surface area contributed by atoms with Crippen molar-refractivity contribution in [1.82, 2.24) is 6.15 Å². The van der Waals surface area contributed by atoms with Crippen molar-refractivity contribution in [1.29, 1.82) is 0 Å². The number of hydrogen-bond donors (Lipinski definition) is 1. The summed E-state index contributed by atoms with van der Waals surface area (Å²) in [7, 11) is 0. The first kappa shape index (κ1) is 75.5. The molecule has 0 aromatic heterocycles. The van der Waals surface area contributed by atoms with Crippen molar-refractivity contribution in [3.8, 4) is 0 Å². The van der Waals surface area contributed by atoms with Crippen molar-refractivity contribution in [2.75, 3.05) is 0 Å². The predicted molar refractivity (Wildman–Crippen MR) is 5.02 cm³/mol. The summed E-state index contributed by atoms with van der Waals surface area (Å²) >= 11 is 0. The zero-order chi connectivity index (χ0) is 0. The molecule has 0 heterocycles. The molecule has 0 amide bonds. The minimum atomic E-state index is 0. The molecule has 0 aromatic carbocycles. The van der Waals surface area contributed by atoms with Crippen LogP contribution in [0, 0.1) is 0 Å². The molecule has 0 fully saturated rings. The third-order valence-electron chi connectivity index (χ3n) is 0. The minimum Gasteiger partial charge on any atom is -1.00 e. The van der Waals surface area contributed by atoms with Crippen LogP contribution < -0.4 is 31.0 Å². The molecule has 0 aromatic rings. The van der Waals surface area contributed by atoms with Gasteiger partial charge in [-0.25, -0.2) is 0 Å². The summed E-state index contributed by atoms with van der Waals surface area (Å²) in [5.41, 5.74) is 0. The van der Waals surface area contributed by atoms with Gasteiger partial charge < -0.3 is 31.0 Å². The Hall–Kier alpha value is 1.05. The first-order valence-electron chi connectivity index (χ1n) is 0. The maximum Gasteiger partial charge on any atom is 2.00 e. The Morgan fingerprint density at radius 1 is 0.750 bits per heavy atom. The monoisotopic (exact) mass is 146 g/mol. The van der Waals surface area contributed by atoms with E-state index in [-0.39, 0.29) is 47.7 Å². The Bertz CT molecular complexity index is 6.00. The van der Waals surface area contributed by atoms with Crippen LogP contribution in [0.2, 0.25) is 0 Å². The summed E-state index contributed by atoms with van der Waals surface area (Å²) in [6, 6.07) is 0. The second-order valence-corrected chi connectivity index (χ2v) is 0. The van der Waals surface area contributed by atoms with E-state index in [0.29, 0.717) is 0 Å². The molecule has 4 heteroatoms. The van der Waals surface area contributed by atoms with Crippen molar-refractivity contribution < 1.29 is 41.6 Å². The number of hydrogen-bond acceptors (Lipinski definition) is 1. The average molecular weight is 147 g/mol. The average Bonchev–Trinajstić information content (AvgIpc) is 0. The van der Waals surface area contributed by atoms with Gasteiger partial charge in [0, 0.05) is 0 Å². The second kappa shape index (κ2) is 34.3. The number of halogens is 2. The Labute approximate surface area is 48.1 Å². The Kier molecular flexibility index (Phi) is 647. The van der Waals surface area contributed by atoms with E-state index in [0.717, 1.165) is 0 Å². The maximum atomic E-state index is 0. The summed E-state index contributed by atoms with van der Waals surface area (Å²) in [5.74, 6) is 0. The Morgan fingerprint density at radius 2 is 0.750 bits per heavy atom. The van der Waals surface area contributed by atoms with Gasteiger partial charge >= 0.3 is 16.8 Å². The van der Waals surface area contributed by atoms with Crippen molar-refractivity contribution in [2.24, 2.45) is 0 Å². The summed E-state index contributed by atoms with van der Waals surface area (Å²) in [6.45, 7) is 0. The van der Waals surface area contributed by atoms with Crippen molar-refractivity contribution in [3.05, 3.63) is 0 Å². The molecular weight excluding hydrogens is 144 g/mol. The van der Waals surface area contributed by atoms with Crippen LogP contribution in [0.3, 0.4) is 0 Å². The largest absolute Gasteiger partial charge is 2.00 e.